The zero-order valence-electron chi connectivity index (χ0n) is 9.34. The van der Waals surface area contributed by atoms with Crippen molar-refractivity contribution in [1.29, 1.82) is 0 Å². The van der Waals surface area contributed by atoms with Crippen molar-refractivity contribution in [3.05, 3.63) is 33.0 Å². The average molecular weight is 324 g/mol. The lowest BCUT2D eigenvalue weighted by atomic mass is 9.90. The molecule has 1 aromatic rings. The van der Waals surface area contributed by atoms with Crippen LogP contribution >= 0.6 is 27.5 Å². The van der Waals surface area contributed by atoms with Crippen LogP contribution in [0.15, 0.2) is 16.6 Å². The zero-order valence-corrected chi connectivity index (χ0v) is 11.7. The minimum absolute atomic E-state index is 0.183. The summed E-state index contributed by atoms with van der Waals surface area (Å²) in [5, 5.41) is 10.6. The van der Waals surface area contributed by atoms with Crippen LogP contribution in [0, 0.1) is 5.82 Å². The first kappa shape index (κ1) is 13.3. The maximum Gasteiger partial charge on any atom is 0.130 e. The van der Waals surface area contributed by atoms with Crippen LogP contribution in [0.2, 0.25) is 5.02 Å². The minimum atomic E-state index is -1.00. The summed E-state index contributed by atoms with van der Waals surface area (Å²) >= 11 is 9.06. The van der Waals surface area contributed by atoms with Crippen molar-refractivity contribution in [3.63, 3.8) is 0 Å². The summed E-state index contributed by atoms with van der Waals surface area (Å²) in [5.41, 5.74) is -0.541. The third-order valence-corrected chi connectivity index (χ3v) is 4.36. The second-order valence-corrected chi connectivity index (χ2v) is 5.72. The van der Waals surface area contributed by atoms with E-state index in [1.165, 1.54) is 12.1 Å². The van der Waals surface area contributed by atoms with Gasteiger partial charge in [-0.15, -0.1) is 0 Å². The van der Waals surface area contributed by atoms with Crippen molar-refractivity contribution in [1.82, 2.24) is 0 Å². The Labute approximate surface area is 113 Å². The lowest BCUT2D eigenvalue weighted by Crippen LogP contribution is -2.32. The van der Waals surface area contributed by atoms with Crippen molar-refractivity contribution in [3.8, 4) is 0 Å². The Morgan fingerprint density at radius 3 is 2.88 bits per heavy atom. The Morgan fingerprint density at radius 2 is 2.29 bits per heavy atom. The number of hydrogen-bond donors (Lipinski definition) is 1. The maximum absolute atomic E-state index is 13.8. The smallest absolute Gasteiger partial charge is 0.130 e. The van der Waals surface area contributed by atoms with Gasteiger partial charge in [0.25, 0.3) is 0 Å². The summed E-state index contributed by atoms with van der Waals surface area (Å²) in [6.07, 6.45) is 0.580. The summed E-state index contributed by atoms with van der Waals surface area (Å²) in [5.74, 6) is -0.481. The number of benzene rings is 1. The molecular formula is C12H13BrClFO2. The Bertz CT molecular complexity index is 433. The fourth-order valence-electron chi connectivity index (χ4n) is 2.09. The van der Waals surface area contributed by atoms with E-state index in [4.69, 9.17) is 16.3 Å². The fourth-order valence-corrected chi connectivity index (χ4v) is 2.58. The quantitative estimate of drug-likeness (QED) is 0.838. The summed E-state index contributed by atoms with van der Waals surface area (Å²) in [6.45, 7) is 2.39. The Hall–Kier alpha value is -0.160. The first-order valence-electron chi connectivity index (χ1n) is 5.40. The molecule has 0 aliphatic carbocycles. The average Bonchev–Trinajstić information content (AvgIpc) is 2.71. The van der Waals surface area contributed by atoms with E-state index in [1.807, 2.05) is 0 Å². The highest BCUT2D eigenvalue weighted by Crippen LogP contribution is 2.39. The predicted molar refractivity (Wildman–Crippen MR) is 67.7 cm³/mol. The molecule has 94 valence electrons. The molecule has 17 heavy (non-hydrogen) atoms. The topological polar surface area (TPSA) is 29.5 Å². The van der Waals surface area contributed by atoms with Crippen LogP contribution in [0.1, 0.15) is 31.4 Å². The number of rotatable bonds is 2. The van der Waals surface area contributed by atoms with Crippen LogP contribution in [-0.4, -0.2) is 17.3 Å². The lowest BCUT2D eigenvalue weighted by Gasteiger charge is -2.30. The van der Waals surface area contributed by atoms with Crippen LogP contribution in [0.5, 0.6) is 0 Å². The van der Waals surface area contributed by atoms with Crippen molar-refractivity contribution in [2.75, 3.05) is 6.61 Å². The normalized spacial score (nSPS) is 26.2. The van der Waals surface area contributed by atoms with Crippen LogP contribution in [0.3, 0.4) is 0 Å². The second-order valence-electron chi connectivity index (χ2n) is 4.46. The molecule has 0 amide bonds. The third kappa shape index (κ3) is 2.50. The summed E-state index contributed by atoms with van der Waals surface area (Å²) in [7, 11) is 0. The number of ether oxygens (including phenoxy) is 1. The highest BCUT2D eigenvalue weighted by Gasteiger charge is 2.39. The van der Waals surface area contributed by atoms with Crippen molar-refractivity contribution in [2.45, 2.75) is 31.5 Å². The molecule has 1 aliphatic rings. The molecule has 2 rings (SSSR count). The molecule has 2 unspecified atom stereocenters. The minimum Gasteiger partial charge on any atom is -0.385 e. The largest absolute Gasteiger partial charge is 0.385 e. The molecule has 1 saturated heterocycles. The van der Waals surface area contributed by atoms with Crippen molar-refractivity contribution in [2.24, 2.45) is 0 Å². The lowest BCUT2D eigenvalue weighted by molar-refractivity contribution is -0.0808. The van der Waals surface area contributed by atoms with E-state index >= 15 is 0 Å². The molecule has 5 heteroatoms. The second kappa shape index (κ2) is 4.84. The van der Waals surface area contributed by atoms with Gasteiger partial charge in [0, 0.05) is 16.6 Å². The molecule has 1 N–H and O–H groups in total. The standard InChI is InChI=1S/C12H13BrClFO2/c1-12(3-2-4-17-12)11(16)7-5-9(14)8(13)6-10(7)15/h5-6,11,16H,2-4H2,1H3. The van der Waals surface area contributed by atoms with Gasteiger partial charge in [0.1, 0.15) is 11.9 Å². The van der Waals surface area contributed by atoms with Gasteiger partial charge in [0.05, 0.1) is 10.6 Å². The number of aliphatic hydroxyl groups excluding tert-OH is 1. The summed E-state index contributed by atoms with van der Waals surface area (Å²) in [6, 6.07) is 2.71. The monoisotopic (exact) mass is 322 g/mol. The molecule has 0 saturated carbocycles. The number of hydrogen-bond acceptors (Lipinski definition) is 2. The zero-order chi connectivity index (χ0) is 12.6. The highest BCUT2D eigenvalue weighted by molar-refractivity contribution is 9.10. The predicted octanol–water partition coefficient (Wildman–Crippen LogP) is 3.84. The van der Waals surface area contributed by atoms with E-state index in [1.54, 1.807) is 6.92 Å². The molecule has 0 bridgehead atoms. The van der Waals surface area contributed by atoms with Gasteiger partial charge in [0.15, 0.2) is 0 Å². The van der Waals surface area contributed by atoms with Gasteiger partial charge in [-0.1, -0.05) is 11.6 Å². The molecule has 0 radical (unpaired) electrons. The number of halogens is 3. The van der Waals surface area contributed by atoms with Gasteiger partial charge in [-0.2, -0.15) is 0 Å². The molecule has 1 heterocycles. The van der Waals surface area contributed by atoms with E-state index in [2.05, 4.69) is 15.9 Å². The first-order chi connectivity index (χ1) is 7.94. The van der Waals surface area contributed by atoms with Crippen LogP contribution < -0.4 is 0 Å². The van der Waals surface area contributed by atoms with Gasteiger partial charge in [-0.05, 0) is 47.8 Å². The Balaban J connectivity index is 2.36. The van der Waals surface area contributed by atoms with Gasteiger partial charge in [0.2, 0.25) is 0 Å². The van der Waals surface area contributed by atoms with Crippen LogP contribution in [0.25, 0.3) is 0 Å². The van der Waals surface area contributed by atoms with Gasteiger partial charge in [-0.25, -0.2) is 4.39 Å². The summed E-state index contributed by atoms with van der Waals surface area (Å²) in [4.78, 5) is 0. The Kier molecular flexibility index (Phi) is 3.78. The molecule has 1 aromatic carbocycles. The highest BCUT2D eigenvalue weighted by atomic mass is 79.9. The van der Waals surface area contributed by atoms with E-state index < -0.39 is 17.5 Å². The molecule has 0 aromatic heterocycles. The van der Waals surface area contributed by atoms with E-state index in [0.29, 0.717) is 22.5 Å². The molecule has 2 nitrogen and oxygen atoms in total. The first-order valence-corrected chi connectivity index (χ1v) is 6.57. The van der Waals surface area contributed by atoms with Gasteiger partial charge >= 0.3 is 0 Å². The molecule has 1 fully saturated rings. The maximum atomic E-state index is 13.8. The van der Waals surface area contributed by atoms with E-state index in [0.717, 1.165) is 6.42 Å². The molecule has 1 aliphatic heterocycles. The Morgan fingerprint density at radius 1 is 1.59 bits per heavy atom. The van der Waals surface area contributed by atoms with Gasteiger partial charge < -0.3 is 9.84 Å². The number of aliphatic hydroxyl groups is 1. The molecule has 2 atom stereocenters. The van der Waals surface area contributed by atoms with E-state index in [-0.39, 0.29) is 5.56 Å². The van der Waals surface area contributed by atoms with E-state index in [9.17, 15) is 9.50 Å². The molecular weight excluding hydrogens is 310 g/mol. The summed E-state index contributed by atoms with van der Waals surface area (Å²) < 4.78 is 19.8. The van der Waals surface area contributed by atoms with Crippen LogP contribution in [0.4, 0.5) is 4.39 Å². The van der Waals surface area contributed by atoms with Crippen LogP contribution in [-0.2, 0) is 4.74 Å². The third-order valence-electron chi connectivity index (χ3n) is 3.16. The SMILES string of the molecule is CC1(C(O)c2cc(Cl)c(Br)cc2F)CCCO1. The fraction of sp³-hybridized carbons (Fsp3) is 0.500. The molecule has 0 spiro atoms. The van der Waals surface area contributed by atoms with Crippen molar-refractivity contribution >= 4 is 27.5 Å². The van der Waals surface area contributed by atoms with Crippen molar-refractivity contribution < 1.29 is 14.2 Å². The van der Waals surface area contributed by atoms with Gasteiger partial charge in [-0.3, -0.25) is 0 Å².